The van der Waals surface area contributed by atoms with Gasteiger partial charge in [0.1, 0.15) is 5.69 Å². The summed E-state index contributed by atoms with van der Waals surface area (Å²) in [5.41, 5.74) is 1.62. The SMILES string of the molecule is Cc1cccc([N+](=O)[O-])c1NCC1CN(C2CC2)CCO1. The molecule has 1 aliphatic heterocycles. The maximum absolute atomic E-state index is 11.1. The molecule has 6 heteroatoms. The monoisotopic (exact) mass is 291 g/mol. The van der Waals surface area contributed by atoms with Crippen molar-refractivity contribution in [1.29, 1.82) is 0 Å². The lowest BCUT2D eigenvalue weighted by Gasteiger charge is -2.33. The van der Waals surface area contributed by atoms with E-state index < -0.39 is 0 Å². The molecule has 1 saturated carbocycles. The Morgan fingerprint density at radius 1 is 1.48 bits per heavy atom. The summed E-state index contributed by atoms with van der Waals surface area (Å²) in [5.74, 6) is 0. The lowest BCUT2D eigenvalue weighted by molar-refractivity contribution is -0.384. The van der Waals surface area contributed by atoms with Gasteiger partial charge in [0, 0.05) is 31.7 Å². The average Bonchev–Trinajstić information content (AvgIpc) is 3.30. The Balaban J connectivity index is 1.63. The normalized spacial score (nSPS) is 23.0. The molecule has 2 aliphatic rings. The van der Waals surface area contributed by atoms with Gasteiger partial charge in [0.15, 0.2) is 0 Å². The lowest BCUT2D eigenvalue weighted by Crippen LogP contribution is -2.46. The molecule has 1 unspecified atom stereocenters. The molecule has 1 aliphatic carbocycles. The van der Waals surface area contributed by atoms with E-state index in [1.807, 2.05) is 13.0 Å². The van der Waals surface area contributed by atoms with Crippen LogP contribution in [0.4, 0.5) is 11.4 Å². The van der Waals surface area contributed by atoms with Gasteiger partial charge < -0.3 is 10.1 Å². The van der Waals surface area contributed by atoms with E-state index >= 15 is 0 Å². The van der Waals surface area contributed by atoms with Gasteiger partial charge in [-0.2, -0.15) is 0 Å². The quantitative estimate of drug-likeness (QED) is 0.665. The van der Waals surface area contributed by atoms with Crippen molar-refractivity contribution in [3.8, 4) is 0 Å². The van der Waals surface area contributed by atoms with Gasteiger partial charge in [0.25, 0.3) is 5.69 Å². The summed E-state index contributed by atoms with van der Waals surface area (Å²) in [4.78, 5) is 13.2. The molecule has 114 valence electrons. The van der Waals surface area contributed by atoms with Gasteiger partial charge >= 0.3 is 0 Å². The number of aryl methyl sites for hydroxylation is 1. The van der Waals surface area contributed by atoms with Crippen molar-refractivity contribution in [3.05, 3.63) is 33.9 Å². The molecule has 0 spiro atoms. The van der Waals surface area contributed by atoms with Gasteiger partial charge in [0.05, 0.1) is 17.6 Å². The van der Waals surface area contributed by atoms with Crippen molar-refractivity contribution in [1.82, 2.24) is 4.90 Å². The predicted molar refractivity (Wildman–Crippen MR) is 80.7 cm³/mol. The third kappa shape index (κ3) is 3.33. The third-order valence-corrected chi connectivity index (χ3v) is 4.19. The van der Waals surface area contributed by atoms with Crippen molar-refractivity contribution >= 4 is 11.4 Å². The second-order valence-corrected chi connectivity index (χ2v) is 5.83. The number of benzene rings is 1. The van der Waals surface area contributed by atoms with E-state index in [4.69, 9.17) is 4.74 Å². The highest BCUT2D eigenvalue weighted by Crippen LogP contribution is 2.29. The van der Waals surface area contributed by atoms with E-state index in [0.29, 0.717) is 12.2 Å². The summed E-state index contributed by atoms with van der Waals surface area (Å²) in [7, 11) is 0. The Morgan fingerprint density at radius 2 is 2.29 bits per heavy atom. The van der Waals surface area contributed by atoms with E-state index in [9.17, 15) is 10.1 Å². The van der Waals surface area contributed by atoms with Gasteiger partial charge in [-0.15, -0.1) is 0 Å². The number of ether oxygens (including phenoxy) is 1. The van der Waals surface area contributed by atoms with E-state index in [2.05, 4.69) is 10.2 Å². The van der Waals surface area contributed by atoms with Crippen LogP contribution in [0, 0.1) is 17.0 Å². The largest absolute Gasteiger partial charge is 0.377 e. The number of morpholine rings is 1. The molecule has 0 radical (unpaired) electrons. The highest BCUT2D eigenvalue weighted by molar-refractivity contribution is 5.66. The molecule has 1 aromatic rings. The second kappa shape index (κ2) is 5.99. The van der Waals surface area contributed by atoms with Crippen LogP contribution in [0.5, 0.6) is 0 Å². The summed E-state index contributed by atoms with van der Waals surface area (Å²) in [5, 5.41) is 14.3. The Hall–Kier alpha value is -1.66. The van der Waals surface area contributed by atoms with Crippen molar-refractivity contribution in [2.45, 2.75) is 31.9 Å². The van der Waals surface area contributed by atoms with Gasteiger partial charge in [-0.25, -0.2) is 0 Å². The third-order valence-electron chi connectivity index (χ3n) is 4.19. The number of hydrogen-bond acceptors (Lipinski definition) is 5. The molecule has 1 N–H and O–H groups in total. The number of nitro groups is 1. The van der Waals surface area contributed by atoms with Crippen LogP contribution in [0.25, 0.3) is 0 Å². The summed E-state index contributed by atoms with van der Waals surface area (Å²) in [6.45, 7) is 5.16. The van der Waals surface area contributed by atoms with E-state index in [-0.39, 0.29) is 16.7 Å². The second-order valence-electron chi connectivity index (χ2n) is 5.83. The fourth-order valence-electron chi connectivity index (χ4n) is 2.89. The number of para-hydroxylation sites is 1. The summed E-state index contributed by atoms with van der Waals surface area (Å²) >= 11 is 0. The number of nitrogens with one attached hydrogen (secondary N) is 1. The zero-order chi connectivity index (χ0) is 14.8. The highest BCUT2D eigenvalue weighted by Gasteiger charge is 2.33. The van der Waals surface area contributed by atoms with Crippen LogP contribution in [0.15, 0.2) is 18.2 Å². The van der Waals surface area contributed by atoms with Crippen LogP contribution in [0.2, 0.25) is 0 Å². The molecular formula is C15H21N3O3. The number of anilines is 1. The minimum atomic E-state index is -0.340. The molecular weight excluding hydrogens is 270 g/mol. The number of nitrogens with zero attached hydrogens (tertiary/aromatic N) is 2. The van der Waals surface area contributed by atoms with Crippen LogP contribution in [0.3, 0.4) is 0 Å². The van der Waals surface area contributed by atoms with Crippen molar-refractivity contribution in [2.75, 3.05) is 31.6 Å². The summed E-state index contributed by atoms with van der Waals surface area (Å²) in [6.07, 6.45) is 2.69. The standard InChI is InChI=1S/C15H21N3O3/c1-11-3-2-4-14(18(19)20)15(11)16-9-13-10-17(7-8-21-13)12-5-6-12/h2-4,12-13,16H,5-10H2,1H3. The topological polar surface area (TPSA) is 67.6 Å². The van der Waals surface area contributed by atoms with Gasteiger partial charge in [-0.05, 0) is 25.3 Å². The molecule has 0 aromatic heterocycles. The minimum Gasteiger partial charge on any atom is -0.377 e. The van der Waals surface area contributed by atoms with Crippen molar-refractivity contribution in [3.63, 3.8) is 0 Å². The Labute approximate surface area is 124 Å². The maximum atomic E-state index is 11.1. The fourth-order valence-corrected chi connectivity index (χ4v) is 2.89. The molecule has 1 aromatic carbocycles. The highest BCUT2D eigenvalue weighted by atomic mass is 16.6. The molecule has 1 saturated heterocycles. The zero-order valence-corrected chi connectivity index (χ0v) is 12.2. The smallest absolute Gasteiger partial charge is 0.292 e. The summed E-state index contributed by atoms with van der Waals surface area (Å²) < 4.78 is 5.77. The van der Waals surface area contributed by atoms with Gasteiger partial charge in [-0.1, -0.05) is 12.1 Å². The first-order valence-electron chi connectivity index (χ1n) is 7.48. The summed E-state index contributed by atoms with van der Waals surface area (Å²) in [6, 6.07) is 5.87. The van der Waals surface area contributed by atoms with Crippen LogP contribution in [-0.4, -0.2) is 48.2 Å². The van der Waals surface area contributed by atoms with Crippen molar-refractivity contribution in [2.24, 2.45) is 0 Å². The average molecular weight is 291 g/mol. The molecule has 0 bridgehead atoms. The first kappa shape index (κ1) is 14.3. The van der Waals surface area contributed by atoms with Crippen LogP contribution < -0.4 is 5.32 Å². The van der Waals surface area contributed by atoms with Crippen LogP contribution in [0.1, 0.15) is 18.4 Å². The Morgan fingerprint density at radius 3 is 3.00 bits per heavy atom. The van der Waals surface area contributed by atoms with Gasteiger partial charge in [-0.3, -0.25) is 15.0 Å². The van der Waals surface area contributed by atoms with Crippen LogP contribution in [-0.2, 0) is 4.74 Å². The molecule has 3 rings (SSSR count). The number of hydrogen-bond donors (Lipinski definition) is 1. The Kier molecular flexibility index (Phi) is 4.07. The molecule has 0 amide bonds. The molecule has 1 heterocycles. The first-order valence-corrected chi connectivity index (χ1v) is 7.48. The van der Waals surface area contributed by atoms with E-state index in [1.54, 1.807) is 6.07 Å². The maximum Gasteiger partial charge on any atom is 0.292 e. The Bertz CT molecular complexity index is 531. The minimum absolute atomic E-state index is 0.0959. The van der Waals surface area contributed by atoms with E-state index in [1.165, 1.54) is 18.9 Å². The number of rotatable bonds is 5. The zero-order valence-electron chi connectivity index (χ0n) is 12.2. The van der Waals surface area contributed by atoms with E-state index in [0.717, 1.165) is 31.3 Å². The first-order chi connectivity index (χ1) is 10.1. The van der Waals surface area contributed by atoms with Crippen molar-refractivity contribution < 1.29 is 9.66 Å². The van der Waals surface area contributed by atoms with Gasteiger partial charge in [0.2, 0.25) is 0 Å². The molecule has 6 nitrogen and oxygen atoms in total. The lowest BCUT2D eigenvalue weighted by atomic mass is 10.1. The molecule has 2 fully saturated rings. The molecule has 21 heavy (non-hydrogen) atoms. The predicted octanol–water partition coefficient (Wildman–Crippen LogP) is 2.18. The van der Waals surface area contributed by atoms with Crippen LogP contribution >= 0.6 is 0 Å². The molecule has 1 atom stereocenters. The number of nitro benzene ring substituents is 1. The fraction of sp³-hybridized carbons (Fsp3) is 0.600.